The first-order valence-electron chi connectivity index (χ1n) is 9.98. The summed E-state index contributed by atoms with van der Waals surface area (Å²) in [5, 5.41) is 7.96. The van der Waals surface area contributed by atoms with Gasteiger partial charge in [0.05, 0.1) is 16.9 Å². The average molecular weight is 421 g/mol. The van der Waals surface area contributed by atoms with Gasteiger partial charge in [-0.2, -0.15) is 5.10 Å². The number of hydrogen-bond donors (Lipinski definition) is 1. The minimum absolute atomic E-state index is 0.0542. The van der Waals surface area contributed by atoms with Crippen molar-refractivity contribution in [2.75, 3.05) is 16.8 Å². The van der Waals surface area contributed by atoms with Crippen LogP contribution in [0.15, 0.2) is 54.7 Å². The first-order chi connectivity index (χ1) is 14.4. The molecule has 2 aliphatic heterocycles. The molecule has 7 heteroatoms. The molecule has 1 spiro atoms. The summed E-state index contributed by atoms with van der Waals surface area (Å²) < 4.78 is 1.61. The van der Waals surface area contributed by atoms with Gasteiger partial charge in [-0.05, 0) is 29.7 Å². The first-order valence-corrected chi connectivity index (χ1v) is 10.4. The molecule has 6 nitrogen and oxygen atoms in total. The van der Waals surface area contributed by atoms with Gasteiger partial charge < -0.3 is 10.2 Å². The van der Waals surface area contributed by atoms with Crippen molar-refractivity contribution in [3.8, 4) is 5.69 Å². The van der Waals surface area contributed by atoms with Gasteiger partial charge in [0.2, 0.25) is 11.8 Å². The normalized spacial score (nSPS) is 19.9. The Balaban J connectivity index is 1.75. The van der Waals surface area contributed by atoms with Crippen LogP contribution in [0.3, 0.4) is 0 Å². The van der Waals surface area contributed by atoms with Crippen LogP contribution in [0.5, 0.6) is 0 Å². The van der Waals surface area contributed by atoms with Crippen LogP contribution < -0.4 is 10.2 Å². The van der Waals surface area contributed by atoms with Crippen LogP contribution in [0.2, 0.25) is 5.02 Å². The van der Waals surface area contributed by atoms with Crippen LogP contribution in [-0.2, 0) is 15.0 Å². The number of aromatic nitrogens is 2. The number of halogens is 1. The predicted molar refractivity (Wildman–Crippen MR) is 116 cm³/mol. The van der Waals surface area contributed by atoms with Gasteiger partial charge >= 0.3 is 0 Å². The summed E-state index contributed by atoms with van der Waals surface area (Å²) in [7, 11) is 0. The fourth-order valence-corrected chi connectivity index (χ4v) is 4.82. The van der Waals surface area contributed by atoms with E-state index in [9.17, 15) is 9.59 Å². The highest BCUT2D eigenvalue weighted by molar-refractivity contribution is 6.32. The van der Waals surface area contributed by atoms with E-state index in [0.29, 0.717) is 34.6 Å². The van der Waals surface area contributed by atoms with Crippen LogP contribution in [0.4, 0.5) is 11.5 Å². The molecule has 0 saturated carbocycles. The molecule has 2 aromatic carbocycles. The van der Waals surface area contributed by atoms with Gasteiger partial charge in [0.25, 0.3) is 0 Å². The monoisotopic (exact) mass is 420 g/mol. The van der Waals surface area contributed by atoms with E-state index in [1.807, 2.05) is 47.4 Å². The lowest BCUT2D eigenvalue weighted by Gasteiger charge is -2.32. The number of rotatable bonds is 3. The molecule has 0 fully saturated rings. The number of carbonyl (C=O) groups is 2. The molecule has 1 atom stereocenters. The summed E-state index contributed by atoms with van der Waals surface area (Å²) in [6.07, 6.45) is 1.74. The maximum absolute atomic E-state index is 13.9. The topological polar surface area (TPSA) is 67.2 Å². The van der Waals surface area contributed by atoms with E-state index in [-0.39, 0.29) is 18.2 Å². The number of anilines is 2. The van der Waals surface area contributed by atoms with Crippen molar-refractivity contribution in [3.63, 3.8) is 0 Å². The molecule has 2 amide bonds. The van der Waals surface area contributed by atoms with Gasteiger partial charge in [0.1, 0.15) is 11.2 Å². The second kappa shape index (κ2) is 6.71. The zero-order valence-corrected chi connectivity index (χ0v) is 17.5. The molecule has 0 radical (unpaired) electrons. The Kier molecular flexibility index (Phi) is 4.22. The molecule has 30 heavy (non-hydrogen) atoms. The van der Waals surface area contributed by atoms with Gasteiger partial charge in [0, 0.05) is 24.2 Å². The van der Waals surface area contributed by atoms with Crippen molar-refractivity contribution < 1.29 is 9.59 Å². The molecule has 2 aliphatic rings. The van der Waals surface area contributed by atoms with Crippen molar-refractivity contribution in [1.29, 1.82) is 0 Å². The van der Waals surface area contributed by atoms with Crippen molar-refractivity contribution in [2.45, 2.75) is 25.7 Å². The Hall–Kier alpha value is -3.12. The van der Waals surface area contributed by atoms with E-state index in [1.54, 1.807) is 16.9 Å². The van der Waals surface area contributed by atoms with Crippen molar-refractivity contribution in [2.24, 2.45) is 5.92 Å². The minimum atomic E-state index is -1.08. The lowest BCUT2D eigenvalue weighted by Crippen LogP contribution is -2.47. The molecular weight excluding hydrogens is 400 g/mol. The molecular formula is C23H21ClN4O2. The van der Waals surface area contributed by atoms with E-state index in [0.717, 1.165) is 11.3 Å². The van der Waals surface area contributed by atoms with E-state index in [2.05, 4.69) is 24.3 Å². The molecule has 0 bridgehead atoms. The highest BCUT2D eigenvalue weighted by Gasteiger charge is 2.57. The number of hydrogen-bond acceptors (Lipinski definition) is 3. The molecule has 3 heterocycles. The minimum Gasteiger partial charge on any atom is -0.311 e. The van der Waals surface area contributed by atoms with Crippen molar-refractivity contribution in [1.82, 2.24) is 9.78 Å². The van der Waals surface area contributed by atoms with E-state index >= 15 is 0 Å². The second-order valence-corrected chi connectivity index (χ2v) is 8.63. The van der Waals surface area contributed by atoms with Crippen molar-refractivity contribution >= 4 is 34.9 Å². The third kappa shape index (κ3) is 2.53. The van der Waals surface area contributed by atoms with E-state index in [4.69, 9.17) is 11.6 Å². The third-order valence-corrected chi connectivity index (χ3v) is 6.13. The average Bonchev–Trinajstić information content (AvgIpc) is 3.23. The zero-order chi connectivity index (χ0) is 21.0. The number of fused-ring (bicyclic) bond motifs is 4. The molecule has 0 saturated heterocycles. The van der Waals surface area contributed by atoms with E-state index in [1.165, 1.54) is 0 Å². The van der Waals surface area contributed by atoms with Crippen molar-refractivity contribution in [3.05, 3.63) is 70.9 Å². The molecule has 3 aromatic rings. The Labute approximate surface area is 179 Å². The van der Waals surface area contributed by atoms with Crippen LogP contribution in [-0.4, -0.2) is 28.1 Å². The number of benzene rings is 2. The first kappa shape index (κ1) is 18.9. The zero-order valence-electron chi connectivity index (χ0n) is 16.7. The number of para-hydroxylation sites is 2. The van der Waals surface area contributed by atoms with Gasteiger partial charge in [-0.25, -0.2) is 4.68 Å². The summed E-state index contributed by atoms with van der Waals surface area (Å²) in [5.41, 5.74) is 1.98. The standard InChI is InChI=1S/C23H21ClN4O2/c1-14(2)13-27-18-9-5-3-7-15(18)23(22(27)30)11-20(29)26-21-16(23)12-25-28(21)19-10-6-4-8-17(19)24/h3-10,12,14H,11,13H2,1-2H3,(H,26,29)/t23-/m0/s1. The third-order valence-electron chi connectivity index (χ3n) is 5.81. The fraction of sp³-hybridized carbons (Fsp3) is 0.261. The second-order valence-electron chi connectivity index (χ2n) is 8.23. The number of nitrogens with zero attached hydrogens (tertiary/aromatic N) is 3. The largest absolute Gasteiger partial charge is 0.311 e. The van der Waals surface area contributed by atoms with Crippen LogP contribution in [0.25, 0.3) is 5.69 Å². The van der Waals surface area contributed by atoms with Gasteiger partial charge in [-0.15, -0.1) is 0 Å². The highest BCUT2D eigenvalue weighted by Crippen LogP contribution is 2.52. The van der Waals surface area contributed by atoms with Gasteiger partial charge in [-0.3, -0.25) is 9.59 Å². The number of amides is 2. The molecule has 0 aliphatic carbocycles. The fourth-order valence-electron chi connectivity index (χ4n) is 4.60. The maximum Gasteiger partial charge on any atom is 0.242 e. The lowest BCUT2D eigenvalue weighted by molar-refractivity contribution is -0.126. The molecule has 0 unspecified atom stereocenters. The summed E-state index contributed by atoms with van der Waals surface area (Å²) in [5.74, 6) is 0.492. The summed E-state index contributed by atoms with van der Waals surface area (Å²) >= 11 is 6.39. The van der Waals surface area contributed by atoms with Crippen LogP contribution in [0.1, 0.15) is 31.4 Å². The quantitative estimate of drug-likeness (QED) is 0.691. The Bertz CT molecular complexity index is 1190. The van der Waals surface area contributed by atoms with Crippen LogP contribution in [0, 0.1) is 5.92 Å². The van der Waals surface area contributed by atoms with E-state index < -0.39 is 5.41 Å². The van der Waals surface area contributed by atoms with Gasteiger partial charge in [0.15, 0.2) is 0 Å². The molecule has 152 valence electrons. The summed E-state index contributed by atoms with van der Waals surface area (Å²) in [6.45, 7) is 4.75. The smallest absolute Gasteiger partial charge is 0.242 e. The Morgan fingerprint density at radius 3 is 2.50 bits per heavy atom. The number of carbonyl (C=O) groups excluding carboxylic acids is 2. The summed E-state index contributed by atoms with van der Waals surface area (Å²) in [6, 6.07) is 15.0. The van der Waals surface area contributed by atoms with Gasteiger partial charge in [-0.1, -0.05) is 55.8 Å². The summed E-state index contributed by atoms with van der Waals surface area (Å²) in [4.78, 5) is 28.6. The molecule has 1 N–H and O–H groups in total. The molecule has 5 rings (SSSR count). The Morgan fingerprint density at radius 1 is 1.07 bits per heavy atom. The SMILES string of the molecule is CC(C)CN1C(=O)[C@@]2(CC(=O)Nc3c2cnn3-c2ccccc2Cl)c2ccccc21. The number of nitrogens with one attached hydrogen (secondary N) is 1. The highest BCUT2D eigenvalue weighted by atomic mass is 35.5. The molecule has 1 aromatic heterocycles. The maximum atomic E-state index is 13.9. The predicted octanol–water partition coefficient (Wildman–Crippen LogP) is 4.16. The Morgan fingerprint density at radius 2 is 1.77 bits per heavy atom. The lowest BCUT2D eigenvalue weighted by atomic mass is 9.72. The van der Waals surface area contributed by atoms with Crippen LogP contribution >= 0.6 is 11.6 Å².